The Kier molecular flexibility index (Phi) is 3.09. The molecule has 0 aliphatic heterocycles. The predicted octanol–water partition coefficient (Wildman–Crippen LogP) is 3.14. The molecule has 0 saturated carbocycles. The first-order valence-electron chi connectivity index (χ1n) is 5.86. The van der Waals surface area contributed by atoms with E-state index in [1.54, 1.807) is 17.8 Å². The normalized spacial score (nSPS) is 10.8. The number of nitrogens with zero attached hydrogens (tertiary/aromatic N) is 3. The quantitative estimate of drug-likeness (QED) is 0.688. The summed E-state index contributed by atoms with van der Waals surface area (Å²) in [5.74, 6) is 1.13. The molecule has 0 unspecified atom stereocenters. The van der Waals surface area contributed by atoms with Crippen LogP contribution in [0.5, 0.6) is 5.75 Å². The van der Waals surface area contributed by atoms with Crippen LogP contribution in [-0.4, -0.2) is 21.7 Å². The SMILES string of the molecule is COc1ccccc1-c1nn2cccnc2c1CCl. The number of alkyl halides is 1. The van der Waals surface area contributed by atoms with Gasteiger partial charge in [0.2, 0.25) is 0 Å². The number of para-hydroxylation sites is 1. The maximum atomic E-state index is 6.06. The number of methoxy groups -OCH3 is 1. The summed E-state index contributed by atoms with van der Waals surface area (Å²) in [6.07, 6.45) is 3.59. The summed E-state index contributed by atoms with van der Waals surface area (Å²) in [7, 11) is 1.65. The number of hydrogen-bond donors (Lipinski definition) is 0. The molecule has 2 aromatic heterocycles. The zero-order chi connectivity index (χ0) is 13.2. The van der Waals surface area contributed by atoms with Crippen LogP contribution in [0, 0.1) is 0 Å². The highest BCUT2D eigenvalue weighted by atomic mass is 35.5. The molecule has 4 nitrogen and oxygen atoms in total. The lowest BCUT2D eigenvalue weighted by Crippen LogP contribution is -1.90. The molecule has 0 spiro atoms. The molecule has 0 radical (unpaired) electrons. The van der Waals surface area contributed by atoms with Gasteiger partial charge in [0.05, 0.1) is 13.0 Å². The second kappa shape index (κ2) is 4.90. The minimum atomic E-state index is 0.355. The first-order valence-corrected chi connectivity index (χ1v) is 6.40. The average molecular weight is 274 g/mol. The van der Waals surface area contributed by atoms with Gasteiger partial charge in [0, 0.05) is 23.5 Å². The Bertz CT molecular complexity index is 724. The summed E-state index contributed by atoms with van der Waals surface area (Å²) in [6, 6.07) is 9.59. The highest BCUT2D eigenvalue weighted by Gasteiger charge is 2.17. The molecule has 96 valence electrons. The first-order chi connectivity index (χ1) is 9.35. The molecular formula is C14H12ClN3O. The number of rotatable bonds is 3. The van der Waals surface area contributed by atoms with Crippen molar-refractivity contribution in [1.29, 1.82) is 0 Å². The highest BCUT2D eigenvalue weighted by molar-refractivity contribution is 6.18. The Morgan fingerprint density at radius 3 is 2.89 bits per heavy atom. The summed E-state index contributed by atoms with van der Waals surface area (Å²) < 4.78 is 7.12. The predicted molar refractivity (Wildman–Crippen MR) is 74.5 cm³/mol. The van der Waals surface area contributed by atoms with Gasteiger partial charge in [-0.05, 0) is 18.2 Å². The maximum absolute atomic E-state index is 6.06. The van der Waals surface area contributed by atoms with Crippen LogP contribution in [0.15, 0.2) is 42.7 Å². The fourth-order valence-corrected chi connectivity index (χ4v) is 2.36. The van der Waals surface area contributed by atoms with Gasteiger partial charge in [-0.25, -0.2) is 9.50 Å². The van der Waals surface area contributed by atoms with E-state index in [0.29, 0.717) is 5.88 Å². The molecule has 0 amide bonds. The summed E-state index contributed by atoms with van der Waals surface area (Å²) >= 11 is 6.06. The zero-order valence-electron chi connectivity index (χ0n) is 10.4. The highest BCUT2D eigenvalue weighted by Crippen LogP contribution is 2.33. The summed E-state index contributed by atoms with van der Waals surface area (Å²) in [6.45, 7) is 0. The van der Waals surface area contributed by atoms with E-state index in [4.69, 9.17) is 16.3 Å². The molecule has 2 heterocycles. The summed E-state index contributed by atoms with van der Waals surface area (Å²) in [5.41, 5.74) is 3.42. The molecule has 3 rings (SSSR count). The Labute approximate surface area is 115 Å². The van der Waals surface area contributed by atoms with E-state index in [1.807, 2.05) is 36.5 Å². The van der Waals surface area contributed by atoms with Crippen molar-refractivity contribution in [3.05, 3.63) is 48.3 Å². The third kappa shape index (κ3) is 1.94. The molecule has 1 aromatic carbocycles. The van der Waals surface area contributed by atoms with Crippen molar-refractivity contribution in [3.8, 4) is 17.0 Å². The Morgan fingerprint density at radius 1 is 1.26 bits per heavy atom. The van der Waals surface area contributed by atoms with Crippen molar-refractivity contribution in [2.45, 2.75) is 5.88 Å². The van der Waals surface area contributed by atoms with Crippen LogP contribution in [-0.2, 0) is 5.88 Å². The summed E-state index contributed by atoms with van der Waals surface area (Å²) in [4.78, 5) is 4.33. The second-order valence-corrected chi connectivity index (χ2v) is 4.32. The van der Waals surface area contributed by atoms with Gasteiger partial charge in [0.15, 0.2) is 5.65 Å². The third-order valence-electron chi connectivity index (χ3n) is 2.99. The molecule has 0 saturated heterocycles. The lowest BCUT2D eigenvalue weighted by atomic mass is 10.1. The van der Waals surface area contributed by atoms with Crippen LogP contribution >= 0.6 is 11.6 Å². The number of halogens is 1. The van der Waals surface area contributed by atoms with Crippen molar-refractivity contribution in [2.75, 3.05) is 7.11 Å². The van der Waals surface area contributed by atoms with Crippen LogP contribution in [0.4, 0.5) is 0 Å². The van der Waals surface area contributed by atoms with E-state index in [9.17, 15) is 0 Å². The molecule has 0 aliphatic rings. The van der Waals surface area contributed by atoms with Crippen molar-refractivity contribution in [2.24, 2.45) is 0 Å². The maximum Gasteiger partial charge on any atom is 0.159 e. The van der Waals surface area contributed by atoms with E-state index >= 15 is 0 Å². The fourth-order valence-electron chi connectivity index (χ4n) is 2.11. The van der Waals surface area contributed by atoms with E-state index in [0.717, 1.165) is 28.2 Å². The molecule has 19 heavy (non-hydrogen) atoms. The van der Waals surface area contributed by atoms with Crippen LogP contribution in [0.25, 0.3) is 16.9 Å². The Morgan fingerprint density at radius 2 is 2.11 bits per heavy atom. The fraction of sp³-hybridized carbons (Fsp3) is 0.143. The summed E-state index contributed by atoms with van der Waals surface area (Å²) in [5, 5.41) is 4.55. The van der Waals surface area contributed by atoms with Gasteiger partial charge in [-0.2, -0.15) is 5.10 Å². The van der Waals surface area contributed by atoms with Gasteiger partial charge in [-0.1, -0.05) is 12.1 Å². The average Bonchev–Trinajstić information content (AvgIpc) is 2.85. The molecule has 0 aliphatic carbocycles. The minimum Gasteiger partial charge on any atom is -0.496 e. The number of ether oxygens (including phenoxy) is 1. The van der Waals surface area contributed by atoms with E-state index in [-0.39, 0.29) is 0 Å². The number of aromatic nitrogens is 3. The van der Waals surface area contributed by atoms with E-state index in [1.165, 1.54) is 0 Å². The first kappa shape index (κ1) is 12.0. The standard InChI is InChI=1S/C14H12ClN3O/c1-19-12-6-3-2-5-10(12)13-11(9-15)14-16-7-4-8-18(14)17-13/h2-8H,9H2,1H3. The van der Waals surface area contributed by atoms with Crippen molar-refractivity contribution < 1.29 is 4.74 Å². The van der Waals surface area contributed by atoms with Crippen LogP contribution < -0.4 is 4.74 Å². The number of hydrogen-bond acceptors (Lipinski definition) is 3. The monoisotopic (exact) mass is 273 g/mol. The van der Waals surface area contributed by atoms with Crippen LogP contribution in [0.1, 0.15) is 5.56 Å². The molecule has 0 N–H and O–H groups in total. The molecular weight excluding hydrogens is 262 g/mol. The van der Waals surface area contributed by atoms with Gasteiger partial charge in [0.25, 0.3) is 0 Å². The largest absolute Gasteiger partial charge is 0.496 e. The third-order valence-corrected chi connectivity index (χ3v) is 3.25. The molecule has 0 atom stereocenters. The van der Waals surface area contributed by atoms with Crippen molar-refractivity contribution in [3.63, 3.8) is 0 Å². The molecule has 0 bridgehead atoms. The second-order valence-electron chi connectivity index (χ2n) is 4.05. The number of fused-ring (bicyclic) bond motifs is 1. The zero-order valence-corrected chi connectivity index (χ0v) is 11.1. The lowest BCUT2D eigenvalue weighted by Gasteiger charge is -2.06. The van der Waals surface area contributed by atoms with E-state index in [2.05, 4.69) is 10.1 Å². The molecule has 3 aromatic rings. The molecule has 0 fully saturated rings. The van der Waals surface area contributed by atoms with Crippen molar-refractivity contribution in [1.82, 2.24) is 14.6 Å². The van der Waals surface area contributed by atoms with Crippen molar-refractivity contribution >= 4 is 17.2 Å². The number of benzene rings is 1. The smallest absolute Gasteiger partial charge is 0.159 e. The molecule has 5 heteroatoms. The lowest BCUT2D eigenvalue weighted by molar-refractivity contribution is 0.416. The minimum absolute atomic E-state index is 0.355. The topological polar surface area (TPSA) is 39.4 Å². The van der Waals surface area contributed by atoms with Gasteiger partial charge in [0.1, 0.15) is 11.4 Å². The van der Waals surface area contributed by atoms with Crippen LogP contribution in [0.3, 0.4) is 0 Å². The van der Waals surface area contributed by atoms with Gasteiger partial charge in [-0.15, -0.1) is 11.6 Å². The van der Waals surface area contributed by atoms with Crippen LogP contribution in [0.2, 0.25) is 0 Å². The van der Waals surface area contributed by atoms with Gasteiger partial charge in [-0.3, -0.25) is 0 Å². The van der Waals surface area contributed by atoms with E-state index < -0.39 is 0 Å². The Balaban J connectivity index is 2.30. The van der Waals surface area contributed by atoms with Gasteiger partial charge >= 0.3 is 0 Å². The Hall–Kier alpha value is -2.07. The van der Waals surface area contributed by atoms with Gasteiger partial charge < -0.3 is 4.74 Å².